The number of imidazole rings is 1. The van der Waals surface area contributed by atoms with Crippen molar-refractivity contribution in [2.75, 3.05) is 0 Å². The van der Waals surface area contributed by atoms with Gasteiger partial charge in [0.1, 0.15) is 5.69 Å². The van der Waals surface area contributed by atoms with Crippen LogP contribution >= 0.6 is 0 Å². The van der Waals surface area contributed by atoms with Gasteiger partial charge in [0, 0.05) is 37.6 Å². The van der Waals surface area contributed by atoms with E-state index >= 15 is 0 Å². The molecule has 1 aliphatic rings. The zero-order valence-electron chi connectivity index (χ0n) is 21.3. The second-order valence-corrected chi connectivity index (χ2v) is 10.8. The number of nitrogens with zero attached hydrogens (tertiary/aromatic N) is 4. The molecule has 0 radical (unpaired) electrons. The molecular formula is C28H31N5O3. The number of aromatic nitrogens is 4. The molecule has 0 bridgehead atoms. The lowest BCUT2D eigenvalue weighted by atomic mass is 9.87. The smallest absolute Gasteiger partial charge is 0.254 e. The van der Waals surface area contributed by atoms with Crippen LogP contribution in [0.2, 0.25) is 0 Å². The molecule has 0 saturated heterocycles. The van der Waals surface area contributed by atoms with Crippen molar-refractivity contribution in [3.63, 3.8) is 0 Å². The zero-order valence-corrected chi connectivity index (χ0v) is 21.3. The first-order valence-electron chi connectivity index (χ1n) is 12.1. The van der Waals surface area contributed by atoms with Crippen LogP contribution in [0.4, 0.5) is 0 Å². The van der Waals surface area contributed by atoms with Gasteiger partial charge in [0.25, 0.3) is 5.56 Å². The molecule has 1 fully saturated rings. The van der Waals surface area contributed by atoms with Crippen LogP contribution in [0, 0.1) is 0 Å². The lowest BCUT2D eigenvalue weighted by Gasteiger charge is -2.18. The van der Waals surface area contributed by atoms with Gasteiger partial charge >= 0.3 is 0 Å². The van der Waals surface area contributed by atoms with Gasteiger partial charge in [-0.25, -0.2) is 4.98 Å². The molecule has 36 heavy (non-hydrogen) atoms. The number of benzene rings is 1. The summed E-state index contributed by atoms with van der Waals surface area (Å²) in [6.45, 7) is 6.23. The van der Waals surface area contributed by atoms with Gasteiger partial charge in [-0.15, -0.1) is 0 Å². The Morgan fingerprint density at radius 2 is 1.89 bits per heavy atom. The quantitative estimate of drug-likeness (QED) is 0.450. The first-order chi connectivity index (χ1) is 17.0. The van der Waals surface area contributed by atoms with E-state index in [-0.39, 0.29) is 17.6 Å². The number of aliphatic hydroxyl groups excluding tert-OH is 1. The molecule has 5 rings (SSSR count). The average Bonchev–Trinajstić information content (AvgIpc) is 3.58. The van der Waals surface area contributed by atoms with Crippen LogP contribution < -0.4 is 11.3 Å². The van der Waals surface area contributed by atoms with Crippen LogP contribution in [-0.2, 0) is 36.3 Å². The van der Waals surface area contributed by atoms with Gasteiger partial charge in [0.15, 0.2) is 5.82 Å². The molecule has 4 aromatic rings. The van der Waals surface area contributed by atoms with Gasteiger partial charge in [-0.05, 0) is 59.2 Å². The summed E-state index contributed by atoms with van der Waals surface area (Å²) in [5.74, 6) is 0.159. The summed E-state index contributed by atoms with van der Waals surface area (Å²) >= 11 is 0. The number of hydrogen-bond donors (Lipinski definition) is 2. The number of aliphatic hydroxyl groups is 1. The van der Waals surface area contributed by atoms with E-state index in [1.807, 2.05) is 17.7 Å². The predicted molar refractivity (Wildman–Crippen MR) is 139 cm³/mol. The monoisotopic (exact) mass is 485 g/mol. The summed E-state index contributed by atoms with van der Waals surface area (Å²) in [4.78, 5) is 34.6. The summed E-state index contributed by atoms with van der Waals surface area (Å²) in [6.07, 6.45) is 4.51. The molecule has 0 aliphatic heterocycles. The van der Waals surface area contributed by atoms with Crippen molar-refractivity contribution in [1.82, 2.24) is 19.1 Å². The Morgan fingerprint density at radius 1 is 1.17 bits per heavy atom. The maximum Gasteiger partial charge on any atom is 0.254 e. The number of rotatable bonds is 5. The summed E-state index contributed by atoms with van der Waals surface area (Å²) in [7, 11) is 3.59. The predicted octanol–water partition coefficient (Wildman–Crippen LogP) is 3.31. The molecule has 1 aliphatic carbocycles. The van der Waals surface area contributed by atoms with Crippen molar-refractivity contribution >= 4 is 16.9 Å². The molecule has 3 heterocycles. The Bertz CT molecular complexity index is 1590. The maximum absolute atomic E-state index is 12.9. The van der Waals surface area contributed by atoms with E-state index in [2.05, 4.69) is 44.0 Å². The van der Waals surface area contributed by atoms with Crippen molar-refractivity contribution in [3.05, 3.63) is 69.8 Å². The third-order valence-electron chi connectivity index (χ3n) is 7.40. The lowest BCUT2D eigenvalue weighted by Crippen LogP contribution is -2.35. The van der Waals surface area contributed by atoms with E-state index in [9.17, 15) is 14.7 Å². The fourth-order valence-electron chi connectivity index (χ4n) is 4.97. The first kappa shape index (κ1) is 23.9. The highest BCUT2D eigenvalue weighted by molar-refractivity contribution is 5.90. The average molecular weight is 486 g/mol. The Morgan fingerprint density at radius 3 is 2.50 bits per heavy atom. The highest BCUT2D eigenvalue weighted by Crippen LogP contribution is 2.47. The Balaban J connectivity index is 1.69. The Labute approximate surface area is 209 Å². The largest absolute Gasteiger partial charge is 0.392 e. The number of pyridine rings is 2. The van der Waals surface area contributed by atoms with Crippen molar-refractivity contribution in [2.24, 2.45) is 19.8 Å². The number of carbonyl (C=O) groups is 1. The highest BCUT2D eigenvalue weighted by Gasteiger charge is 2.52. The lowest BCUT2D eigenvalue weighted by molar-refractivity contribution is -0.120. The van der Waals surface area contributed by atoms with Crippen LogP contribution in [0.3, 0.4) is 0 Å². The molecule has 8 heteroatoms. The third kappa shape index (κ3) is 3.64. The SMILES string of the molecule is Cn1cc(-c2ccnc(-c3nc4cc(C(C)(C)C)ccc4n3C)c2CO)cc(C2(C(N)=O)CC2)c1=O. The van der Waals surface area contributed by atoms with Crippen molar-refractivity contribution in [1.29, 1.82) is 0 Å². The van der Waals surface area contributed by atoms with Crippen LogP contribution in [0.15, 0.2) is 47.5 Å². The number of aryl methyl sites for hydroxylation is 2. The van der Waals surface area contributed by atoms with Gasteiger partial charge in [0.05, 0.1) is 23.1 Å². The molecule has 1 aromatic carbocycles. The molecule has 0 spiro atoms. The third-order valence-corrected chi connectivity index (χ3v) is 7.40. The highest BCUT2D eigenvalue weighted by atomic mass is 16.3. The summed E-state index contributed by atoms with van der Waals surface area (Å²) in [5, 5.41) is 10.5. The van der Waals surface area contributed by atoms with Gasteiger partial charge in [-0.1, -0.05) is 26.8 Å². The van der Waals surface area contributed by atoms with Gasteiger partial charge in [0.2, 0.25) is 5.91 Å². The van der Waals surface area contributed by atoms with E-state index in [0.29, 0.717) is 41.1 Å². The topological polar surface area (TPSA) is 116 Å². The number of hydrogen-bond acceptors (Lipinski definition) is 5. The molecule has 0 atom stereocenters. The second-order valence-electron chi connectivity index (χ2n) is 10.8. The maximum atomic E-state index is 12.9. The minimum Gasteiger partial charge on any atom is -0.392 e. The zero-order chi connectivity index (χ0) is 26.0. The van der Waals surface area contributed by atoms with E-state index in [1.165, 1.54) is 10.1 Å². The fourth-order valence-corrected chi connectivity index (χ4v) is 4.97. The van der Waals surface area contributed by atoms with E-state index in [4.69, 9.17) is 10.7 Å². The number of amides is 1. The summed E-state index contributed by atoms with van der Waals surface area (Å²) < 4.78 is 3.45. The van der Waals surface area contributed by atoms with Crippen molar-refractivity contribution in [2.45, 2.75) is 51.0 Å². The molecular weight excluding hydrogens is 454 g/mol. The minimum absolute atomic E-state index is 0.00884. The van der Waals surface area contributed by atoms with E-state index in [0.717, 1.165) is 16.6 Å². The number of carbonyl (C=O) groups excluding carboxylic acids is 1. The van der Waals surface area contributed by atoms with E-state index in [1.54, 1.807) is 25.5 Å². The molecule has 3 aromatic heterocycles. The van der Waals surface area contributed by atoms with Crippen molar-refractivity contribution in [3.8, 4) is 22.6 Å². The molecule has 186 valence electrons. The number of primary amides is 1. The molecule has 3 N–H and O–H groups in total. The van der Waals surface area contributed by atoms with Crippen LogP contribution in [0.5, 0.6) is 0 Å². The normalized spacial score (nSPS) is 14.8. The first-order valence-corrected chi connectivity index (χ1v) is 12.1. The molecule has 1 amide bonds. The number of fused-ring (bicyclic) bond motifs is 1. The Kier molecular flexibility index (Phi) is 5.41. The molecule has 1 saturated carbocycles. The van der Waals surface area contributed by atoms with Crippen molar-refractivity contribution < 1.29 is 9.90 Å². The summed E-state index contributed by atoms with van der Waals surface area (Å²) in [6, 6.07) is 9.82. The second kappa shape index (κ2) is 8.13. The van der Waals surface area contributed by atoms with Crippen LogP contribution in [-0.4, -0.2) is 30.1 Å². The van der Waals surface area contributed by atoms with E-state index < -0.39 is 11.3 Å². The standard InChI is InChI=1S/C28H31N5O3/c1-27(2,3)17-6-7-22-21(13-17)31-24(33(22)5)23-19(15-34)18(8-11-30-23)16-12-20(25(35)32(4)14-16)28(9-10-28)26(29)36/h6-8,11-14,34H,9-10,15H2,1-5H3,(H2,29,36). The van der Waals surface area contributed by atoms with Gasteiger partial charge in [-0.2, -0.15) is 0 Å². The fraction of sp³-hybridized carbons (Fsp3) is 0.357. The van der Waals surface area contributed by atoms with Gasteiger partial charge < -0.3 is 20.0 Å². The van der Waals surface area contributed by atoms with Crippen LogP contribution in [0.1, 0.15) is 50.3 Å². The van der Waals surface area contributed by atoms with Crippen LogP contribution in [0.25, 0.3) is 33.7 Å². The molecule has 0 unspecified atom stereocenters. The summed E-state index contributed by atoms with van der Waals surface area (Å²) in [5.41, 5.74) is 10.5. The number of nitrogens with two attached hydrogens (primary N) is 1. The Hall–Kier alpha value is -3.78. The minimum atomic E-state index is -0.914. The van der Waals surface area contributed by atoms with Gasteiger partial charge in [-0.3, -0.25) is 14.6 Å². The molecule has 8 nitrogen and oxygen atoms in total.